The van der Waals surface area contributed by atoms with Crippen LogP contribution in [0.5, 0.6) is 11.5 Å². The summed E-state index contributed by atoms with van der Waals surface area (Å²) in [5.74, 6) is 1.08. The van der Waals surface area contributed by atoms with Gasteiger partial charge in [-0.25, -0.2) is 0 Å². The minimum atomic E-state index is -1.00. The van der Waals surface area contributed by atoms with Gasteiger partial charge in [0, 0.05) is 18.2 Å². The van der Waals surface area contributed by atoms with Crippen LogP contribution in [-0.2, 0) is 15.3 Å². The number of fused-ring (bicyclic) bond motifs is 1. The lowest BCUT2D eigenvalue weighted by atomic mass is 9.90. The van der Waals surface area contributed by atoms with Crippen LogP contribution in [0.15, 0.2) is 48.2 Å². The van der Waals surface area contributed by atoms with Gasteiger partial charge in [0.2, 0.25) is 0 Å². The molecule has 0 radical (unpaired) electrons. The van der Waals surface area contributed by atoms with Crippen molar-refractivity contribution >= 4 is 6.08 Å². The Morgan fingerprint density at radius 1 is 0.913 bits per heavy atom. The van der Waals surface area contributed by atoms with Crippen molar-refractivity contribution in [3.05, 3.63) is 64.9 Å². The van der Waals surface area contributed by atoms with E-state index >= 15 is 0 Å². The van der Waals surface area contributed by atoms with Crippen LogP contribution in [-0.4, -0.2) is 21.3 Å². The summed E-state index contributed by atoms with van der Waals surface area (Å²) < 4.78 is 22.9. The first-order valence-corrected chi connectivity index (χ1v) is 7.39. The zero-order chi connectivity index (χ0) is 16.4. The molecule has 120 valence electrons. The molecule has 0 fully saturated rings. The highest BCUT2D eigenvalue weighted by Gasteiger charge is 2.41. The van der Waals surface area contributed by atoms with Crippen molar-refractivity contribution in [3.8, 4) is 11.5 Å². The Morgan fingerprint density at radius 2 is 1.57 bits per heavy atom. The molecule has 1 aliphatic heterocycles. The summed E-state index contributed by atoms with van der Waals surface area (Å²) in [6, 6.07) is 13.7. The first kappa shape index (κ1) is 15.4. The molecule has 4 heteroatoms. The van der Waals surface area contributed by atoms with E-state index in [-0.39, 0.29) is 0 Å². The summed E-state index contributed by atoms with van der Waals surface area (Å²) in [5.41, 5.74) is 2.79. The maximum absolute atomic E-state index is 6.15. The summed E-state index contributed by atoms with van der Waals surface area (Å²) in [5, 5.41) is 0. The second-order valence-electron chi connectivity index (χ2n) is 5.34. The van der Waals surface area contributed by atoms with Gasteiger partial charge in [-0.3, -0.25) is 0 Å². The van der Waals surface area contributed by atoms with Gasteiger partial charge in [-0.05, 0) is 30.7 Å². The molecule has 0 saturated carbocycles. The molecule has 0 spiro atoms. The van der Waals surface area contributed by atoms with Gasteiger partial charge in [-0.15, -0.1) is 0 Å². The van der Waals surface area contributed by atoms with E-state index in [0.29, 0.717) is 11.5 Å². The van der Waals surface area contributed by atoms with Crippen molar-refractivity contribution < 1.29 is 18.9 Å². The van der Waals surface area contributed by atoms with Crippen LogP contribution in [0.2, 0.25) is 0 Å². The smallest absolute Gasteiger partial charge is 0.264 e. The lowest BCUT2D eigenvalue weighted by Gasteiger charge is -2.38. The number of methoxy groups -OCH3 is 3. The van der Waals surface area contributed by atoms with E-state index in [2.05, 4.69) is 0 Å². The van der Waals surface area contributed by atoms with E-state index in [1.54, 1.807) is 21.3 Å². The summed E-state index contributed by atoms with van der Waals surface area (Å²) in [6.45, 7) is 1.91. The maximum Gasteiger partial charge on any atom is 0.264 e. The topological polar surface area (TPSA) is 36.9 Å². The van der Waals surface area contributed by atoms with Gasteiger partial charge in [0.1, 0.15) is 0 Å². The Balaban J connectivity index is 2.28. The van der Waals surface area contributed by atoms with Gasteiger partial charge in [0.15, 0.2) is 11.5 Å². The van der Waals surface area contributed by atoms with E-state index in [9.17, 15) is 0 Å². The highest BCUT2D eigenvalue weighted by Crippen LogP contribution is 2.45. The molecular formula is C19H20O4. The third-order valence-electron chi connectivity index (χ3n) is 4.02. The summed E-state index contributed by atoms with van der Waals surface area (Å²) in [7, 11) is 4.89. The molecule has 4 nitrogen and oxygen atoms in total. The van der Waals surface area contributed by atoms with Gasteiger partial charge in [0.25, 0.3) is 5.79 Å². The molecule has 0 aromatic heterocycles. The monoisotopic (exact) mass is 312 g/mol. The third-order valence-corrected chi connectivity index (χ3v) is 4.02. The minimum absolute atomic E-state index is 0.639. The van der Waals surface area contributed by atoms with Gasteiger partial charge in [-0.1, -0.05) is 30.3 Å². The summed E-state index contributed by atoms with van der Waals surface area (Å²) >= 11 is 0. The molecule has 0 N–H and O–H groups in total. The van der Waals surface area contributed by atoms with Crippen molar-refractivity contribution in [2.24, 2.45) is 0 Å². The number of hydrogen-bond acceptors (Lipinski definition) is 4. The third kappa shape index (κ3) is 2.45. The molecule has 2 aromatic rings. The molecule has 0 amide bonds. The van der Waals surface area contributed by atoms with E-state index in [0.717, 1.165) is 22.4 Å². The van der Waals surface area contributed by atoms with Crippen LogP contribution in [0, 0.1) is 0 Å². The largest absolute Gasteiger partial charge is 0.493 e. The molecule has 0 saturated heterocycles. The number of ether oxygens (including phenoxy) is 4. The zero-order valence-corrected chi connectivity index (χ0v) is 13.8. The fourth-order valence-electron chi connectivity index (χ4n) is 2.97. The second-order valence-corrected chi connectivity index (χ2v) is 5.34. The van der Waals surface area contributed by atoms with Crippen molar-refractivity contribution in [3.63, 3.8) is 0 Å². The molecule has 1 heterocycles. The van der Waals surface area contributed by atoms with Gasteiger partial charge >= 0.3 is 0 Å². The molecule has 3 rings (SSSR count). The predicted octanol–water partition coefficient (Wildman–Crippen LogP) is 3.94. The lowest BCUT2D eigenvalue weighted by molar-refractivity contribution is -0.177. The van der Waals surface area contributed by atoms with Crippen LogP contribution < -0.4 is 9.47 Å². The van der Waals surface area contributed by atoms with Crippen molar-refractivity contribution in [2.45, 2.75) is 12.7 Å². The SMILES string of the molecule is COc1cc2c(cc1OC)C(OC)(c1ccccc1)OC(C)=C2. The molecule has 1 unspecified atom stereocenters. The highest BCUT2D eigenvalue weighted by molar-refractivity contribution is 5.65. The fourth-order valence-corrected chi connectivity index (χ4v) is 2.97. The van der Waals surface area contributed by atoms with E-state index < -0.39 is 5.79 Å². The number of hydrogen-bond donors (Lipinski definition) is 0. The van der Waals surface area contributed by atoms with Gasteiger partial charge in [0.05, 0.1) is 20.0 Å². The molecule has 2 aromatic carbocycles. The van der Waals surface area contributed by atoms with E-state index in [1.165, 1.54) is 0 Å². The number of allylic oxidation sites excluding steroid dienone is 1. The average molecular weight is 312 g/mol. The van der Waals surface area contributed by atoms with Crippen LogP contribution in [0.1, 0.15) is 23.6 Å². The Kier molecular flexibility index (Phi) is 4.01. The number of benzene rings is 2. The second kappa shape index (κ2) is 5.97. The first-order chi connectivity index (χ1) is 11.1. The van der Waals surface area contributed by atoms with Crippen molar-refractivity contribution in [1.82, 2.24) is 0 Å². The molecular weight excluding hydrogens is 292 g/mol. The normalized spacial score (nSPS) is 19.4. The maximum atomic E-state index is 6.15. The van der Waals surface area contributed by atoms with Crippen molar-refractivity contribution in [1.29, 1.82) is 0 Å². The molecule has 23 heavy (non-hydrogen) atoms. The fraction of sp³-hybridized carbons (Fsp3) is 0.263. The van der Waals surface area contributed by atoms with E-state index in [4.69, 9.17) is 18.9 Å². The van der Waals surface area contributed by atoms with Crippen LogP contribution >= 0.6 is 0 Å². The van der Waals surface area contributed by atoms with Crippen LogP contribution in [0.4, 0.5) is 0 Å². The Labute approximate surface area is 136 Å². The number of rotatable bonds is 4. The van der Waals surface area contributed by atoms with E-state index in [1.807, 2.05) is 55.5 Å². The zero-order valence-electron chi connectivity index (χ0n) is 13.8. The molecule has 0 bridgehead atoms. The lowest BCUT2D eigenvalue weighted by Crippen LogP contribution is -2.35. The predicted molar refractivity (Wildman–Crippen MR) is 88.5 cm³/mol. The first-order valence-electron chi connectivity index (χ1n) is 7.39. The standard InChI is InChI=1S/C19H20O4/c1-13-10-14-11-17(20-2)18(21-3)12-16(14)19(22-4,23-13)15-8-6-5-7-9-15/h5-12H,1-4H3. The van der Waals surface area contributed by atoms with Crippen LogP contribution in [0.3, 0.4) is 0 Å². The van der Waals surface area contributed by atoms with Crippen LogP contribution in [0.25, 0.3) is 6.08 Å². The van der Waals surface area contributed by atoms with Crippen molar-refractivity contribution in [2.75, 3.05) is 21.3 Å². The Morgan fingerprint density at radius 3 is 2.17 bits per heavy atom. The summed E-state index contributed by atoms with van der Waals surface area (Å²) in [4.78, 5) is 0. The molecule has 0 aliphatic carbocycles. The Hall–Kier alpha value is -2.46. The quantitative estimate of drug-likeness (QED) is 0.857. The molecule has 1 aliphatic rings. The van der Waals surface area contributed by atoms with Gasteiger partial charge < -0.3 is 18.9 Å². The minimum Gasteiger partial charge on any atom is -0.493 e. The Bertz CT molecular complexity index is 737. The molecule has 1 atom stereocenters. The summed E-state index contributed by atoms with van der Waals surface area (Å²) in [6.07, 6.45) is 1.97. The highest BCUT2D eigenvalue weighted by atomic mass is 16.7. The average Bonchev–Trinajstić information content (AvgIpc) is 2.60. The van der Waals surface area contributed by atoms with Gasteiger partial charge in [-0.2, -0.15) is 0 Å².